The Bertz CT molecular complexity index is 821. The molecular weight excluding hydrogens is 301 g/mol. The third-order valence-electron chi connectivity index (χ3n) is 2.30. The topological polar surface area (TPSA) is 105 Å². The first-order chi connectivity index (χ1) is 9.92. The molecule has 0 spiro atoms. The van der Waals surface area contributed by atoms with Gasteiger partial charge in [-0.05, 0) is 18.2 Å². The molecular formula is C12H10FN3O4S. The van der Waals surface area contributed by atoms with Crippen LogP contribution in [-0.2, 0) is 10.0 Å². The van der Waals surface area contributed by atoms with E-state index < -0.39 is 22.4 Å². The van der Waals surface area contributed by atoms with E-state index in [0.29, 0.717) is 0 Å². The highest BCUT2D eigenvalue weighted by atomic mass is 32.2. The van der Waals surface area contributed by atoms with Gasteiger partial charge in [-0.2, -0.15) is 0 Å². The minimum Gasteiger partial charge on any atom is -0.408 e. The maximum Gasteiger partial charge on any atom is 0.329 e. The van der Waals surface area contributed by atoms with Crippen LogP contribution in [0.5, 0.6) is 0 Å². The minimum atomic E-state index is -4.04. The first-order valence-electron chi connectivity index (χ1n) is 5.64. The highest BCUT2D eigenvalue weighted by Crippen LogP contribution is 2.17. The predicted molar refractivity (Wildman–Crippen MR) is 70.2 cm³/mol. The second-order valence-electron chi connectivity index (χ2n) is 3.83. The highest BCUT2D eigenvalue weighted by molar-refractivity contribution is 7.92. The van der Waals surface area contributed by atoms with Crippen LogP contribution in [0.2, 0.25) is 0 Å². The van der Waals surface area contributed by atoms with E-state index in [9.17, 15) is 12.8 Å². The van der Waals surface area contributed by atoms with E-state index in [1.165, 1.54) is 19.1 Å². The Kier molecular flexibility index (Phi) is 4.21. The quantitative estimate of drug-likeness (QED) is 0.807. The summed E-state index contributed by atoms with van der Waals surface area (Å²) in [4.78, 5) is -0.314. The molecule has 0 fully saturated rings. The van der Waals surface area contributed by atoms with Crippen molar-refractivity contribution in [2.24, 2.45) is 0 Å². The number of aliphatic hydroxyl groups excluding tert-OH is 1. The van der Waals surface area contributed by atoms with Crippen molar-refractivity contribution in [2.75, 3.05) is 11.3 Å². The molecule has 110 valence electrons. The molecule has 0 saturated heterocycles. The number of anilines is 1. The van der Waals surface area contributed by atoms with Crippen LogP contribution >= 0.6 is 0 Å². The van der Waals surface area contributed by atoms with Gasteiger partial charge in [0, 0.05) is 6.92 Å². The van der Waals surface area contributed by atoms with E-state index in [4.69, 9.17) is 9.52 Å². The molecule has 7 nitrogen and oxygen atoms in total. The summed E-state index contributed by atoms with van der Waals surface area (Å²) in [6.45, 7) is 1.08. The molecule has 1 aromatic carbocycles. The Morgan fingerprint density at radius 3 is 2.76 bits per heavy atom. The van der Waals surface area contributed by atoms with E-state index in [1.807, 2.05) is 4.72 Å². The van der Waals surface area contributed by atoms with Crippen LogP contribution in [0.1, 0.15) is 11.5 Å². The fourth-order valence-corrected chi connectivity index (χ4v) is 2.35. The summed E-state index contributed by atoms with van der Waals surface area (Å²) in [5, 5.41) is 15.5. The summed E-state index contributed by atoms with van der Waals surface area (Å²) in [6.07, 6.45) is 0. The van der Waals surface area contributed by atoms with Crippen LogP contribution in [-0.4, -0.2) is 30.3 Å². The van der Waals surface area contributed by atoms with Crippen molar-refractivity contribution in [1.82, 2.24) is 10.2 Å². The molecule has 0 aliphatic rings. The first kappa shape index (κ1) is 15.0. The van der Waals surface area contributed by atoms with Crippen molar-refractivity contribution < 1.29 is 22.3 Å². The standard InChI is InChI=1S/C12H10FN3O4S/c1-8-14-15-12(20-8)16-21(18,19)10-5-4-9(3-2-6-17)11(13)7-10/h4-5,7,17H,6H2,1H3,(H,15,16). The highest BCUT2D eigenvalue weighted by Gasteiger charge is 2.18. The average Bonchev–Trinajstić information content (AvgIpc) is 2.82. The van der Waals surface area contributed by atoms with Gasteiger partial charge in [-0.1, -0.05) is 16.9 Å². The molecule has 0 radical (unpaired) electrons. The lowest BCUT2D eigenvalue weighted by Crippen LogP contribution is -2.13. The number of aliphatic hydroxyl groups is 1. The summed E-state index contributed by atoms with van der Waals surface area (Å²) >= 11 is 0. The largest absolute Gasteiger partial charge is 0.408 e. The van der Waals surface area contributed by atoms with E-state index in [1.54, 1.807) is 0 Å². The number of rotatable bonds is 3. The van der Waals surface area contributed by atoms with Crippen molar-refractivity contribution in [3.8, 4) is 11.8 Å². The lowest BCUT2D eigenvalue weighted by Gasteiger charge is -2.04. The number of sulfonamides is 1. The van der Waals surface area contributed by atoms with Crippen molar-refractivity contribution >= 4 is 16.0 Å². The van der Waals surface area contributed by atoms with Gasteiger partial charge in [-0.15, -0.1) is 5.10 Å². The molecule has 0 unspecified atom stereocenters. The van der Waals surface area contributed by atoms with Crippen molar-refractivity contribution in [3.63, 3.8) is 0 Å². The smallest absolute Gasteiger partial charge is 0.329 e. The second kappa shape index (κ2) is 5.90. The van der Waals surface area contributed by atoms with Crippen LogP contribution in [0, 0.1) is 24.6 Å². The van der Waals surface area contributed by atoms with Crippen LogP contribution in [0.3, 0.4) is 0 Å². The minimum absolute atomic E-state index is 0.0170. The van der Waals surface area contributed by atoms with Gasteiger partial charge in [0.2, 0.25) is 5.89 Å². The molecule has 21 heavy (non-hydrogen) atoms. The number of aromatic nitrogens is 2. The third-order valence-corrected chi connectivity index (χ3v) is 3.62. The van der Waals surface area contributed by atoms with E-state index >= 15 is 0 Å². The Morgan fingerprint density at radius 1 is 1.43 bits per heavy atom. The summed E-state index contributed by atoms with van der Waals surface area (Å²) < 4.78 is 44.7. The van der Waals surface area contributed by atoms with Crippen molar-refractivity contribution in [1.29, 1.82) is 0 Å². The molecule has 1 heterocycles. The van der Waals surface area contributed by atoms with Gasteiger partial charge in [0.05, 0.1) is 10.5 Å². The molecule has 0 aliphatic heterocycles. The zero-order valence-corrected chi connectivity index (χ0v) is 11.6. The summed E-state index contributed by atoms with van der Waals surface area (Å²) in [7, 11) is -4.04. The van der Waals surface area contributed by atoms with Gasteiger partial charge in [0.25, 0.3) is 10.0 Å². The number of benzene rings is 1. The SMILES string of the molecule is Cc1nnc(NS(=O)(=O)c2ccc(C#CCO)c(F)c2)o1. The van der Waals surface area contributed by atoms with Gasteiger partial charge in [-0.3, -0.25) is 0 Å². The maximum atomic E-state index is 13.7. The normalized spacial score (nSPS) is 10.8. The van der Waals surface area contributed by atoms with Gasteiger partial charge in [0.15, 0.2) is 0 Å². The Balaban J connectivity index is 2.30. The first-order valence-corrected chi connectivity index (χ1v) is 7.13. The van der Waals surface area contributed by atoms with Gasteiger partial charge in [0.1, 0.15) is 12.4 Å². The maximum absolute atomic E-state index is 13.7. The number of aryl methyl sites for hydroxylation is 1. The Morgan fingerprint density at radius 2 is 2.19 bits per heavy atom. The molecule has 2 N–H and O–H groups in total. The molecule has 0 aliphatic carbocycles. The number of hydrogen-bond donors (Lipinski definition) is 2. The van der Waals surface area contributed by atoms with Crippen LogP contribution < -0.4 is 4.72 Å². The van der Waals surface area contributed by atoms with E-state index in [-0.39, 0.29) is 22.4 Å². The molecule has 2 rings (SSSR count). The zero-order valence-electron chi connectivity index (χ0n) is 10.8. The molecule has 0 amide bonds. The lowest BCUT2D eigenvalue weighted by atomic mass is 10.2. The Hall–Kier alpha value is -2.44. The second-order valence-corrected chi connectivity index (χ2v) is 5.52. The number of nitrogens with zero attached hydrogens (tertiary/aromatic N) is 2. The van der Waals surface area contributed by atoms with Crippen LogP contribution in [0.25, 0.3) is 0 Å². The van der Waals surface area contributed by atoms with Crippen molar-refractivity contribution in [3.05, 3.63) is 35.5 Å². The Labute approximate surface area is 119 Å². The molecule has 0 atom stereocenters. The van der Waals surface area contributed by atoms with Gasteiger partial charge >= 0.3 is 6.01 Å². The number of hydrogen-bond acceptors (Lipinski definition) is 6. The monoisotopic (exact) mass is 311 g/mol. The average molecular weight is 311 g/mol. The van der Waals surface area contributed by atoms with E-state index in [2.05, 4.69) is 22.0 Å². The van der Waals surface area contributed by atoms with Gasteiger partial charge < -0.3 is 9.52 Å². The number of halogens is 1. The summed E-state index contributed by atoms with van der Waals surface area (Å²) in [5.41, 5.74) is -0.0170. The van der Waals surface area contributed by atoms with Crippen LogP contribution in [0.15, 0.2) is 27.5 Å². The summed E-state index contributed by atoms with van der Waals surface area (Å²) in [6, 6.07) is 2.88. The lowest BCUT2D eigenvalue weighted by molar-refractivity contribution is 0.350. The van der Waals surface area contributed by atoms with Gasteiger partial charge in [-0.25, -0.2) is 17.5 Å². The number of nitrogens with one attached hydrogen (secondary N) is 1. The third kappa shape index (κ3) is 3.56. The molecule has 0 saturated carbocycles. The predicted octanol–water partition coefficient (Wildman–Crippen LogP) is 0.662. The molecule has 9 heteroatoms. The van der Waals surface area contributed by atoms with Crippen LogP contribution in [0.4, 0.5) is 10.4 Å². The zero-order chi connectivity index (χ0) is 15.5. The van der Waals surface area contributed by atoms with Crippen molar-refractivity contribution in [2.45, 2.75) is 11.8 Å². The summed E-state index contributed by atoms with van der Waals surface area (Å²) in [5.74, 6) is 4.01. The fourth-order valence-electron chi connectivity index (χ4n) is 1.41. The fraction of sp³-hybridized carbons (Fsp3) is 0.167. The molecule has 2 aromatic rings. The molecule has 1 aromatic heterocycles. The van der Waals surface area contributed by atoms with E-state index in [0.717, 1.165) is 6.07 Å². The molecule has 0 bridgehead atoms.